The molecule has 1 aromatic rings. The van der Waals surface area contributed by atoms with Gasteiger partial charge in [-0.3, -0.25) is 0 Å². The van der Waals surface area contributed by atoms with Crippen LogP contribution in [0.2, 0.25) is 0 Å². The molecule has 2 nitrogen and oxygen atoms in total. The fourth-order valence-corrected chi connectivity index (χ4v) is 1.90. The molecule has 0 unspecified atom stereocenters. The first kappa shape index (κ1) is 16.8. The maximum absolute atomic E-state index is 13.2. The third-order valence-electron chi connectivity index (χ3n) is 3.32. The van der Waals surface area contributed by atoms with E-state index in [1.807, 2.05) is 25.7 Å². The molecule has 0 heterocycles. The van der Waals surface area contributed by atoms with Gasteiger partial charge in [-0.2, -0.15) is 13.2 Å². The van der Waals surface area contributed by atoms with Crippen LogP contribution in [0.1, 0.15) is 38.3 Å². The Morgan fingerprint density at radius 1 is 1.25 bits per heavy atom. The van der Waals surface area contributed by atoms with E-state index >= 15 is 0 Å². The summed E-state index contributed by atoms with van der Waals surface area (Å²) >= 11 is 0. The van der Waals surface area contributed by atoms with Crippen LogP contribution in [0.3, 0.4) is 0 Å². The Labute approximate surface area is 119 Å². The number of nitrogens with zero attached hydrogens (tertiary/aromatic N) is 1. The van der Waals surface area contributed by atoms with Crippen LogP contribution >= 0.6 is 0 Å². The second-order valence-corrected chi connectivity index (χ2v) is 5.22. The molecule has 0 aliphatic rings. The van der Waals surface area contributed by atoms with Crippen molar-refractivity contribution < 1.29 is 13.2 Å². The first-order valence-corrected chi connectivity index (χ1v) is 6.91. The zero-order valence-electron chi connectivity index (χ0n) is 12.5. The first-order valence-electron chi connectivity index (χ1n) is 6.91. The summed E-state index contributed by atoms with van der Waals surface area (Å²) in [5, 5.41) is 3.02. The van der Waals surface area contributed by atoms with E-state index in [1.54, 1.807) is 19.2 Å². The van der Waals surface area contributed by atoms with Gasteiger partial charge in [0.05, 0.1) is 5.56 Å². The van der Waals surface area contributed by atoms with Crippen molar-refractivity contribution in [3.63, 3.8) is 0 Å². The van der Waals surface area contributed by atoms with E-state index in [4.69, 9.17) is 0 Å². The molecule has 0 aromatic heterocycles. The minimum Gasteiger partial charge on any atom is -0.372 e. The second-order valence-electron chi connectivity index (χ2n) is 5.22. The van der Waals surface area contributed by atoms with E-state index in [-0.39, 0.29) is 12.6 Å². The maximum atomic E-state index is 13.2. The van der Waals surface area contributed by atoms with E-state index < -0.39 is 11.7 Å². The highest BCUT2D eigenvalue weighted by molar-refractivity contribution is 5.52. The predicted molar refractivity (Wildman–Crippen MR) is 77.0 cm³/mol. The zero-order chi connectivity index (χ0) is 15.3. The highest BCUT2D eigenvalue weighted by atomic mass is 19.4. The van der Waals surface area contributed by atoms with Gasteiger partial charge in [0.15, 0.2) is 0 Å². The Morgan fingerprint density at radius 2 is 1.90 bits per heavy atom. The van der Waals surface area contributed by atoms with Gasteiger partial charge in [0.2, 0.25) is 0 Å². The summed E-state index contributed by atoms with van der Waals surface area (Å²) in [5.74, 6) is 0. The van der Waals surface area contributed by atoms with Crippen LogP contribution in [-0.2, 0) is 12.7 Å². The quantitative estimate of drug-likeness (QED) is 0.794. The van der Waals surface area contributed by atoms with Crippen LogP contribution in [0.4, 0.5) is 18.9 Å². The lowest BCUT2D eigenvalue weighted by Gasteiger charge is -2.25. The van der Waals surface area contributed by atoms with E-state index in [1.165, 1.54) is 6.07 Å². The largest absolute Gasteiger partial charge is 0.416 e. The van der Waals surface area contributed by atoms with Crippen molar-refractivity contribution in [2.45, 2.75) is 46.0 Å². The lowest BCUT2D eigenvalue weighted by Crippen LogP contribution is -2.26. The standard InChI is InChI=1S/C15H23F3N2/c1-5-8-19-10-12-6-7-13(20(4)11(2)3)9-14(12)15(16,17)18/h6-7,9,11,19H,5,8,10H2,1-4H3. The molecule has 1 rings (SSSR count). The Hall–Kier alpha value is -1.23. The van der Waals surface area contributed by atoms with Crippen molar-refractivity contribution in [1.82, 2.24) is 5.32 Å². The summed E-state index contributed by atoms with van der Waals surface area (Å²) in [6.07, 6.45) is -3.42. The molecule has 114 valence electrons. The summed E-state index contributed by atoms with van der Waals surface area (Å²) in [5.41, 5.74) is 0.338. The SMILES string of the molecule is CCCNCc1ccc(N(C)C(C)C)cc1C(F)(F)F. The number of hydrogen-bond donors (Lipinski definition) is 1. The molecular weight excluding hydrogens is 265 g/mol. The van der Waals surface area contributed by atoms with Crippen molar-refractivity contribution in [2.24, 2.45) is 0 Å². The summed E-state index contributed by atoms with van der Waals surface area (Å²) in [7, 11) is 1.80. The zero-order valence-corrected chi connectivity index (χ0v) is 12.5. The number of alkyl halides is 3. The highest BCUT2D eigenvalue weighted by Gasteiger charge is 2.33. The molecule has 0 fully saturated rings. The van der Waals surface area contributed by atoms with Gasteiger partial charge in [0.1, 0.15) is 0 Å². The third kappa shape index (κ3) is 4.40. The number of benzene rings is 1. The molecule has 0 amide bonds. The van der Waals surface area contributed by atoms with Gasteiger partial charge in [0, 0.05) is 25.3 Å². The Balaban J connectivity index is 3.07. The molecule has 0 saturated heterocycles. The van der Waals surface area contributed by atoms with Crippen LogP contribution in [0.25, 0.3) is 0 Å². The molecule has 1 N–H and O–H groups in total. The highest BCUT2D eigenvalue weighted by Crippen LogP contribution is 2.34. The van der Waals surface area contributed by atoms with Gasteiger partial charge in [-0.25, -0.2) is 0 Å². The van der Waals surface area contributed by atoms with Crippen LogP contribution in [0.5, 0.6) is 0 Å². The average Bonchev–Trinajstić information content (AvgIpc) is 2.37. The molecular formula is C15H23F3N2. The first-order chi connectivity index (χ1) is 9.27. The van der Waals surface area contributed by atoms with Crippen molar-refractivity contribution in [3.8, 4) is 0 Å². The average molecular weight is 288 g/mol. The fraction of sp³-hybridized carbons (Fsp3) is 0.600. The minimum absolute atomic E-state index is 0.153. The van der Waals surface area contributed by atoms with Crippen LogP contribution in [-0.4, -0.2) is 19.6 Å². The van der Waals surface area contributed by atoms with Crippen LogP contribution in [0, 0.1) is 0 Å². The van der Waals surface area contributed by atoms with Gasteiger partial charge in [-0.05, 0) is 44.5 Å². The molecule has 0 radical (unpaired) electrons. The smallest absolute Gasteiger partial charge is 0.372 e. The number of halogens is 3. The summed E-state index contributed by atoms with van der Waals surface area (Å²) in [4.78, 5) is 1.83. The maximum Gasteiger partial charge on any atom is 0.416 e. The topological polar surface area (TPSA) is 15.3 Å². The molecule has 1 aromatic carbocycles. The van der Waals surface area contributed by atoms with Crippen LogP contribution in [0.15, 0.2) is 18.2 Å². The van der Waals surface area contributed by atoms with Gasteiger partial charge in [-0.15, -0.1) is 0 Å². The van der Waals surface area contributed by atoms with Crippen LogP contribution < -0.4 is 10.2 Å². The summed E-state index contributed by atoms with van der Waals surface area (Å²) in [6, 6.07) is 4.71. The fourth-order valence-electron chi connectivity index (χ4n) is 1.90. The van der Waals surface area contributed by atoms with Gasteiger partial charge < -0.3 is 10.2 Å². The lowest BCUT2D eigenvalue weighted by molar-refractivity contribution is -0.138. The molecule has 0 bridgehead atoms. The molecule has 20 heavy (non-hydrogen) atoms. The minimum atomic E-state index is -4.32. The molecule has 5 heteroatoms. The normalized spacial score (nSPS) is 12.0. The molecule has 0 spiro atoms. The Kier molecular flexibility index (Phi) is 5.87. The third-order valence-corrected chi connectivity index (χ3v) is 3.32. The van der Waals surface area contributed by atoms with E-state index in [0.29, 0.717) is 17.8 Å². The Bertz CT molecular complexity index is 428. The van der Waals surface area contributed by atoms with Gasteiger partial charge in [-0.1, -0.05) is 13.0 Å². The molecule has 0 aliphatic carbocycles. The number of anilines is 1. The van der Waals surface area contributed by atoms with E-state index in [0.717, 1.165) is 6.42 Å². The van der Waals surface area contributed by atoms with E-state index in [2.05, 4.69) is 5.32 Å². The van der Waals surface area contributed by atoms with Gasteiger partial charge >= 0.3 is 6.18 Å². The molecule has 0 aliphatic heterocycles. The Morgan fingerprint density at radius 3 is 2.40 bits per heavy atom. The van der Waals surface area contributed by atoms with Crippen molar-refractivity contribution in [1.29, 1.82) is 0 Å². The monoisotopic (exact) mass is 288 g/mol. The number of hydrogen-bond acceptors (Lipinski definition) is 2. The number of nitrogens with one attached hydrogen (secondary N) is 1. The van der Waals surface area contributed by atoms with Crippen molar-refractivity contribution in [2.75, 3.05) is 18.5 Å². The van der Waals surface area contributed by atoms with Crippen molar-refractivity contribution >= 4 is 5.69 Å². The van der Waals surface area contributed by atoms with E-state index in [9.17, 15) is 13.2 Å². The summed E-state index contributed by atoms with van der Waals surface area (Å²) in [6.45, 7) is 6.84. The van der Waals surface area contributed by atoms with Gasteiger partial charge in [0.25, 0.3) is 0 Å². The molecule has 0 atom stereocenters. The predicted octanol–water partition coefficient (Wildman–Crippen LogP) is 4.05. The number of rotatable bonds is 6. The van der Waals surface area contributed by atoms with Crippen molar-refractivity contribution in [3.05, 3.63) is 29.3 Å². The lowest BCUT2D eigenvalue weighted by atomic mass is 10.0. The molecule has 0 saturated carbocycles. The second kappa shape index (κ2) is 6.97. The summed E-state index contributed by atoms with van der Waals surface area (Å²) < 4.78 is 39.5.